The molecule has 6 nitrogen and oxygen atoms in total. The van der Waals surface area contributed by atoms with Gasteiger partial charge in [-0.1, -0.05) is 30.3 Å². The van der Waals surface area contributed by atoms with E-state index in [4.69, 9.17) is 4.99 Å². The molecule has 3 aromatic rings. The summed E-state index contributed by atoms with van der Waals surface area (Å²) in [6.07, 6.45) is 8.15. The third kappa shape index (κ3) is 5.98. The van der Waals surface area contributed by atoms with Crippen molar-refractivity contribution in [3.8, 4) is 0 Å². The van der Waals surface area contributed by atoms with Crippen LogP contribution in [0.2, 0.25) is 0 Å². The Balaban J connectivity index is 1.59. The van der Waals surface area contributed by atoms with Crippen LogP contribution in [0.4, 0.5) is 0 Å². The fourth-order valence-corrected chi connectivity index (χ4v) is 3.39. The third-order valence-electron chi connectivity index (χ3n) is 5.03. The fourth-order valence-electron chi connectivity index (χ4n) is 3.39. The zero-order valence-corrected chi connectivity index (χ0v) is 17.8. The lowest BCUT2D eigenvalue weighted by Crippen LogP contribution is -2.38. The lowest BCUT2D eigenvalue weighted by molar-refractivity contribution is 0.461. The van der Waals surface area contributed by atoms with Crippen molar-refractivity contribution in [3.63, 3.8) is 0 Å². The highest BCUT2D eigenvalue weighted by molar-refractivity contribution is 5.79. The Kier molecular flexibility index (Phi) is 7.50. The van der Waals surface area contributed by atoms with Gasteiger partial charge in [-0.2, -0.15) is 0 Å². The molecule has 1 aromatic carbocycles. The highest BCUT2D eigenvalue weighted by Crippen LogP contribution is 2.08. The van der Waals surface area contributed by atoms with Crippen molar-refractivity contribution in [1.82, 2.24) is 24.3 Å². The minimum Gasteiger partial charge on any atom is -0.357 e. The molecule has 0 unspecified atom stereocenters. The molecule has 0 aliphatic heterocycles. The van der Waals surface area contributed by atoms with Gasteiger partial charge in [-0.05, 0) is 37.5 Å². The van der Waals surface area contributed by atoms with Gasteiger partial charge >= 0.3 is 0 Å². The monoisotopic (exact) mass is 392 g/mol. The first-order valence-electron chi connectivity index (χ1n) is 10.3. The van der Waals surface area contributed by atoms with Gasteiger partial charge in [0.25, 0.3) is 0 Å². The van der Waals surface area contributed by atoms with E-state index in [9.17, 15) is 0 Å². The van der Waals surface area contributed by atoms with Crippen LogP contribution in [0, 0.1) is 0 Å². The molecule has 0 amide bonds. The predicted octanol–water partition coefficient (Wildman–Crippen LogP) is 3.45. The van der Waals surface area contributed by atoms with Crippen LogP contribution in [0.5, 0.6) is 0 Å². The summed E-state index contributed by atoms with van der Waals surface area (Å²) in [5, 5.41) is 3.39. The van der Waals surface area contributed by atoms with E-state index in [2.05, 4.69) is 100 Å². The SMILES string of the molecule is CCNC(=NCc1nccn1CCCc1ccccc1)N(C)Cc1cccn1C. The molecule has 0 spiro atoms. The minimum absolute atomic E-state index is 0.568. The molecule has 2 aromatic heterocycles. The maximum absolute atomic E-state index is 4.83. The van der Waals surface area contributed by atoms with Crippen molar-refractivity contribution >= 4 is 5.96 Å². The number of benzene rings is 1. The largest absolute Gasteiger partial charge is 0.357 e. The molecule has 154 valence electrons. The van der Waals surface area contributed by atoms with Gasteiger partial charge in [-0.25, -0.2) is 9.98 Å². The molecule has 2 heterocycles. The van der Waals surface area contributed by atoms with Crippen LogP contribution in [0.1, 0.15) is 30.4 Å². The molecule has 0 atom stereocenters. The van der Waals surface area contributed by atoms with Gasteiger partial charge in [0.05, 0.1) is 6.54 Å². The summed E-state index contributed by atoms with van der Waals surface area (Å²) < 4.78 is 4.35. The summed E-state index contributed by atoms with van der Waals surface area (Å²) >= 11 is 0. The van der Waals surface area contributed by atoms with Crippen LogP contribution < -0.4 is 5.32 Å². The molecule has 0 radical (unpaired) electrons. The Morgan fingerprint density at radius 2 is 1.97 bits per heavy atom. The summed E-state index contributed by atoms with van der Waals surface area (Å²) in [6.45, 7) is 5.26. The van der Waals surface area contributed by atoms with Crippen LogP contribution >= 0.6 is 0 Å². The minimum atomic E-state index is 0.568. The first-order valence-corrected chi connectivity index (χ1v) is 10.3. The fraction of sp³-hybridized carbons (Fsp3) is 0.391. The van der Waals surface area contributed by atoms with E-state index in [0.29, 0.717) is 6.54 Å². The number of aryl methyl sites for hydroxylation is 3. The zero-order valence-electron chi connectivity index (χ0n) is 17.8. The Morgan fingerprint density at radius 3 is 2.69 bits per heavy atom. The number of guanidine groups is 1. The number of nitrogens with zero attached hydrogens (tertiary/aromatic N) is 5. The summed E-state index contributed by atoms with van der Waals surface area (Å²) in [5.74, 6) is 1.90. The van der Waals surface area contributed by atoms with Crippen LogP contribution in [-0.4, -0.2) is 38.6 Å². The number of imidazole rings is 1. The molecule has 29 heavy (non-hydrogen) atoms. The predicted molar refractivity (Wildman–Crippen MR) is 119 cm³/mol. The number of nitrogens with one attached hydrogen (secondary N) is 1. The second kappa shape index (κ2) is 10.5. The molecule has 0 aliphatic carbocycles. The average Bonchev–Trinajstić information content (AvgIpc) is 3.35. The first kappa shape index (κ1) is 20.7. The Morgan fingerprint density at radius 1 is 1.14 bits per heavy atom. The number of aromatic nitrogens is 3. The molecule has 0 fully saturated rings. The van der Waals surface area contributed by atoms with E-state index in [0.717, 1.165) is 44.3 Å². The molecule has 3 rings (SSSR count). The summed E-state index contributed by atoms with van der Waals surface area (Å²) in [5.41, 5.74) is 2.63. The standard InChI is InChI=1S/C23H32N6/c1-4-24-23(28(3)19-21-13-9-15-27(21)2)26-18-22-25-14-17-29(22)16-8-12-20-10-6-5-7-11-20/h5-7,9-11,13-15,17H,4,8,12,16,18-19H2,1-3H3,(H,24,26). The Bertz CT molecular complexity index is 893. The van der Waals surface area contributed by atoms with Gasteiger partial charge < -0.3 is 19.4 Å². The number of aliphatic imine (C=N–C) groups is 1. The van der Waals surface area contributed by atoms with Crippen molar-refractivity contribution in [2.24, 2.45) is 12.0 Å². The van der Waals surface area contributed by atoms with Crippen molar-refractivity contribution in [3.05, 3.63) is 78.1 Å². The van der Waals surface area contributed by atoms with Gasteiger partial charge in [0.1, 0.15) is 12.4 Å². The Labute approximate surface area is 173 Å². The molecule has 0 aliphatic rings. The van der Waals surface area contributed by atoms with Crippen molar-refractivity contribution < 1.29 is 0 Å². The molecule has 0 saturated heterocycles. The maximum Gasteiger partial charge on any atom is 0.194 e. The van der Waals surface area contributed by atoms with Gasteiger partial charge in [-0.15, -0.1) is 0 Å². The smallest absolute Gasteiger partial charge is 0.194 e. The summed E-state index contributed by atoms with van der Waals surface area (Å²) in [4.78, 5) is 11.5. The lowest BCUT2D eigenvalue weighted by atomic mass is 10.1. The highest BCUT2D eigenvalue weighted by atomic mass is 15.3. The molecular formula is C23H32N6. The molecule has 0 bridgehead atoms. The normalized spacial score (nSPS) is 11.6. The van der Waals surface area contributed by atoms with E-state index in [-0.39, 0.29) is 0 Å². The first-order chi connectivity index (χ1) is 14.2. The van der Waals surface area contributed by atoms with Crippen molar-refractivity contribution in [1.29, 1.82) is 0 Å². The van der Waals surface area contributed by atoms with Gasteiger partial charge in [0.15, 0.2) is 5.96 Å². The number of rotatable bonds is 9. The van der Waals surface area contributed by atoms with Crippen LogP contribution in [0.15, 0.2) is 66.0 Å². The molecule has 1 N–H and O–H groups in total. The second-order valence-corrected chi connectivity index (χ2v) is 7.26. The van der Waals surface area contributed by atoms with E-state index in [1.54, 1.807) is 0 Å². The molecule has 6 heteroatoms. The van der Waals surface area contributed by atoms with E-state index in [1.165, 1.54) is 11.3 Å². The van der Waals surface area contributed by atoms with E-state index < -0.39 is 0 Å². The third-order valence-corrected chi connectivity index (χ3v) is 5.03. The summed E-state index contributed by atoms with van der Waals surface area (Å²) in [7, 11) is 4.14. The quantitative estimate of drug-likeness (QED) is 0.448. The van der Waals surface area contributed by atoms with Crippen LogP contribution in [0.25, 0.3) is 0 Å². The summed E-state index contributed by atoms with van der Waals surface area (Å²) in [6, 6.07) is 14.8. The van der Waals surface area contributed by atoms with Crippen LogP contribution in [-0.2, 0) is 33.1 Å². The van der Waals surface area contributed by atoms with E-state index in [1.807, 2.05) is 6.20 Å². The highest BCUT2D eigenvalue weighted by Gasteiger charge is 2.09. The van der Waals surface area contributed by atoms with E-state index >= 15 is 0 Å². The van der Waals surface area contributed by atoms with Crippen molar-refractivity contribution in [2.75, 3.05) is 13.6 Å². The zero-order chi connectivity index (χ0) is 20.5. The lowest BCUT2D eigenvalue weighted by Gasteiger charge is -2.22. The number of hydrogen-bond acceptors (Lipinski definition) is 2. The second-order valence-electron chi connectivity index (χ2n) is 7.26. The van der Waals surface area contributed by atoms with Gasteiger partial charge in [-0.3, -0.25) is 0 Å². The maximum atomic E-state index is 4.83. The number of hydrogen-bond donors (Lipinski definition) is 1. The topological polar surface area (TPSA) is 50.4 Å². The molecular weight excluding hydrogens is 360 g/mol. The van der Waals surface area contributed by atoms with Crippen molar-refractivity contribution in [2.45, 2.75) is 39.4 Å². The Hall–Kier alpha value is -3.02. The van der Waals surface area contributed by atoms with Gasteiger partial charge in [0, 0.05) is 51.5 Å². The van der Waals surface area contributed by atoms with Gasteiger partial charge in [0.2, 0.25) is 0 Å². The average molecular weight is 393 g/mol. The molecule has 0 saturated carbocycles. The van der Waals surface area contributed by atoms with Crippen LogP contribution in [0.3, 0.4) is 0 Å².